The van der Waals surface area contributed by atoms with Gasteiger partial charge >= 0.3 is 0 Å². The summed E-state index contributed by atoms with van der Waals surface area (Å²) < 4.78 is 12.5. The highest BCUT2D eigenvalue weighted by atomic mass is 79.9. The smallest absolute Gasteiger partial charge is 0.134 e. The van der Waals surface area contributed by atoms with Gasteiger partial charge in [0.15, 0.2) is 0 Å². The van der Waals surface area contributed by atoms with Gasteiger partial charge < -0.3 is 14.9 Å². The maximum absolute atomic E-state index is 6.36. The number of furan rings is 1. The van der Waals surface area contributed by atoms with Gasteiger partial charge in [-0.15, -0.1) is 0 Å². The lowest BCUT2D eigenvalue weighted by molar-refractivity contribution is 0.334. The average Bonchev–Trinajstić information content (AvgIpc) is 2.90. The van der Waals surface area contributed by atoms with E-state index in [2.05, 4.69) is 15.9 Å². The summed E-state index contributed by atoms with van der Waals surface area (Å²) in [6, 6.07) is 15.3. The normalized spacial score (nSPS) is 12.5. The molecule has 1 atom stereocenters. The number of nitrogens with two attached hydrogens (primary N) is 1. The lowest BCUT2D eigenvalue weighted by Gasteiger charge is -2.14. The highest BCUT2D eigenvalue weighted by Crippen LogP contribution is 2.32. The summed E-state index contributed by atoms with van der Waals surface area (Å²) in [5, 5.41) is 1.03. The molecule has 0 saturated heterocycles. The van der Waals surface area contributed by atoms with E-state index in [0.717, 1.165) is 32.5 Å². The number of hydrogen-bond donors (Lipinski definition) is 1. The van der Waals surface area contributed by atoms with Gasteiger partial charge in [0.1, 0.15) is 17.1 Å². The molecular weight excluding hydrogens is 330 g/mol. The van der Waals surface area contributed by atoms with Crippen molar-refractivity contribution >= 4 is 26.9 Å². The number of para-hydroxylation sites is 1. The van der Waals surface area contributed by atoms with Gasteiger partial charge in [-0.1, -0.05) is 34.1 Å². The molecule has 0 aliphatic carbocycles. The molecule has 0 spiro atoms. The van der Waals surface area contributed by atoms with Crippen molar-refractivity contribution in [2.75, 3.05) is 6.61 Å². The Balaban J connectivity index is 2.02. The number of rotatable bonds is 4. The first kappa shape index (κ1) is 14.2. The van der Waals surface area contributed by atoms with Crippen LogP contribution in [0.1, 0.15) is 24.3 Å². The molecule has 2 N–H and O–H groups in total. The third-order valence-corrected chi connectivity index (χ3v) is 3.85. The van der Waals surface area contributed by atoms with E-state index in [4.69, 9.17) is 14.9 Å². The summed E-state index contributed by atoms with van der Waals surface area (Å²) in [5.74, 6) is 1.53. The second-order valence-corrected chi connectivity index (χ2v) is 5.70. The fraction of sp³-hybridized carbons (Fsp3) is 0.176. The molecule has 0 amide bonds. The van der Waals surface area contributed by atoms with Gasteiger partial charge in [-0.3, -0.25) is 0 Å². The van der Waals surface area contributed by atoms with Crippen LogP contribution < -0.4 is 10.5 Å². The van der Waals surface area contributed by atoms with Crippen LogP contribution in [0.3, 0.4) is 0 Å². The van der Waals surface area contributed by atoms with Gasteiger partial charge in [0, 0.05) is 15.4 Å². The third kappa shape index (κ3) is 2.82. The molecule has 0 bridgehead atoms. The van der Waals surface area contributed by atoms with Crippen molar-refractivity contribution in [3.8, 4) is 5.75 Å². The minimum atomic E-state index is -0.348. The second kappa shape index (κ2) is 5.92. The summed E-state index contributed by atoms with van der Waals surface area (Å²) in [4.78, 5) is 0. The molecular formula is C17H16BrNO2. The Kier molecular flexibility index (Phi) is 3.99. The third-order valence-electron chi connectivity index (χ3n) is 3.36. The fourth-order valence-corrected chi connectivity index (χ4v) is 2.74. The standard InChI is InChI=1S/C17H16BrNO2/c1-2-20-15-6-4-3-5-13(15)17(19)16-10-11-9-12(18)7-8-14(11)21-16/h3-10,17H,2,19H2,1H3. The van der Waals surface area contributed by atoms with Crippen LogP contribution in [0, 0.1) is 0 Å². The zero-order valence-corrected chi connectivity index (χ0v) is 13.3. The molecule has 0 aliphatic rings. The van der Waals surface area contributed by atoms with Crippen LogP contribution in [0.5, 0.6) is 5.75 Å². The van der Waals surface area contributed by atoms with Crippen molar-refractivity contribution in [3.63, 3.8) is 0 Å². The molecule has 21 heavy (non-hydrogen) atoms. The highest BCUT2D eigenvalue weighted by molar-refractivity contribution is 9.10. The van der Waals surface area contributed by atoms with E-state index in [9.17, 15) is 0 Å². The van der Waals surface area contributed by atoms with E-state index in [0.29, 0.717) is 6.61 Å². The van der Waals surface area contributed by atoms with Crippen molar-refractivity contribution in [1.82, 2.24) is 0 Å². The average molecular weight is 346 g/mol. The number of fused-ring (bicyclic) bond motifs is 1. The molecule has 3 aromatic rings. The lowest BCUT2D eigenvalue weighted by Crippen LogP contribution is -2.12. The van der Waals surface area contributed by atoms with Crippen LogP contribution in [-0.4, -0.2) is 6.61 Å². The van der Waals surface area contributed by atoms with Gasteiger partial charge in [-0.05, 0) is 37.3 Å². The Morgan fingerprint density at radius 2 is 2.00 bits per heavy atom. The second-order valence-electron chi connectivity index (χ2n) is 4.78. The fourth-order valence-electron chi connectivity index (χ4n) is 2.37. The summed E-state index contributed by atoms with van der Waals surface area (Å²) >= 11 is 3.46. The first-order chi connectivity index (χ1) is 10.2. The molecule has 3 rings (SSSR count). The van der Waals surface area contributed by atoms with Crippen molar-refractivity contribution in [2.24, 2.45) is 5.73 Å². The largest absolute Gasteiger partial charge is 0.494 e. The predicted molar refractivity (Wildman–Crippen MR) is 87.6 cm³/mol. The van der Waals surface area contributed by atoms with Crippen LogP contribution in [0.25, 0.3) is 11.0 Å². The van der Waals surface area contributed by atoms with E-state index >= 15 is 0 Å². The monoisotopic (exact) mass is 345 g/mol. The van der Waals surface area contributed by atoms with Crippen molar-refractivity contribution in [1.29, 1.82) is 0 Å². The molecule has 4 heteroatoms. The van der Waals surface area contributed by atoms with Gasteiger partial charge in [0.25, 0.3) is 0 Å². The summed E-state index contributed by atoms with van der Waals surface area (Å²) in [5.41, 5.74) is 8.12. The molecule has 0 radical (unpaired) electrons. The zero-order chi connectivity index (χ0) is 14.8. The Morgan fingerprint density at radius 3 is 2.81 bits per heavy atom. The Bertz CT molecular complexity index is 766. The van der Waals surface area contributed by atoms with Gasteiger partial charge in [-0.25, -0.2) is 0 Å². The van der Waals surface area contributed by atoms with Gasteiger partial charge in [0.2, 0.25) is 0 Å². The number of hydrogen-bond acceptors (Lipinski definition) is 3. The van der Waals surface area contributed by atoms with E-state index in [1.54, 1.807) is 0 Å². The van der Waals surface area contributed by atoms with E-state index in [-0.39, 0.29) is 6.04 Å². The van der Waals surface area contributed by atoms with E-state index < -0.39 is 0 Å². The molecule has 0 fully saturated rings. The number of halogens is 1. The van der Waals surface area contributed by atoms with Crippen LogP contribution in [-0.2, 0) is 0 Å². The van der Waals surface area contributed by atoms with E-state index in [1.807, 2.05) is 55.5 Å². The first-order valence-electron chi connectivity index (χ1n) is 6.85. The molecule has 3 nitrogen and oxygen atoms in total. The Hall–Kier alpha value is -1.78. The molecule has 2 aromatic carbocycles. The highest BCUT2D eigenvalue weighted by Gasteiger charge is 2.18. The van der Waals surface area contributed by atoms with Gasteiger partial charge in [0.05, 0.1) is 12.6 Å². The zero-order valence-electron chi connectivity index (χ0n) is 11.7. The van der Waals surface area contributed by atoms with E-state index in [1.165, 1.54) is 0 Å². The minimum absolute atomic E-state index is 0.348. The van der Waals surface area contributed by atoms with Crippen LogP contribution in [0.4, 0.5) is 0 Å². The molecule has 108 valence electrons. The molecule has 1 heterocycles. The maximum atomic E-state index is 6.36. The maximum Gasteiger partial charge on any atom is 0.134 e. The van der Waals surface area contributed by atoms with Crippen LogP contribution in [0.2, 0.25) is 0 Å². The number of benzene rings is 2. The molecule has 1 aromatic heterocycles. The summed E-state index contributed by atoms with van der Waals surface area (Å²) in [6.07, 6.45) is 0. The van der Waals surface area contributed by atoms with Crippen LogP contribution >= 0.6 is 15.9 Å². The molecule has 1 unspecified atom stereocenters. The predicted octanol–water partition coefficient (Wildman–Crippen LogP) is 4.64. The topological polar surface area (TPSA) is 48.4 Å². The lowest BCUT2D eigenvalue weighted by atomic mass is 10.0. The summed E-state index contributed by atoms with van der Waals surface area (Å²) in [6.45, 7) is 2.57. The number of ether oxygens (including phenoxy) is 1. The molecule has 0 aliphatic heterocycles. The summed E-state index contributed by atoms with van der Waals surface area (Å²) in [7, 11) is 0. The Labute approximate surface area is 131 Å². The van der Waals surface area contributed by atoms with Crippen molar-refractivity contribution in [3.05, 3.63) is 64.3 Å². The minimum Gasteiger partial charge on any atom is -0.494 e. The quantitative estimate of drug-likeness (QED) is 0.749. The first-order valence-corrected chi connectivity index (χ1v) is 7.64. The van der Waals surface area contributed by atoms with Crippen LogP contribution in [0.15, 0.2) is 57.4 Å². The SMILES string of the molecule is CCOc1ccccc1C(N)c1cc2cc(Br)ccc2o1. The van der Waals surface area contributed by atoms with Gasteiger partial charge in [-0.2, -0.15) is 0 Å². The van der Waals surface area contributed by atoms with Crippen molar-refractivity contribution < 1.29 is 9.15 Å². The molecule has 0 saturated carbocycles. The Morgan fingerprint density at radius 1 is 1.19 bits per heavy atom. The van der Waals surface area contributed by atoms with Crippen molar-refractivity contribution in [2.45, 2.75) is 13.0 Å².